The molecule has 1 N–H and O–H groups in total. The van der Waals surface area contributed by atoms with Crippen LogP contribution in [0.5, 0.6) is 0 Å². The third kappa shape index (κ3) is 2.40. The Bertz CT molecular complexity index is 487. The van der Waals surface area contributed by atoms with Crippen molar-refractivity contribution in [2.45, 2.75) is 6.54 Å². The Kier molecular flexibility index (Phi) is 3.21. The molecular formula is C10H8FN3OS. The molecule has 0 aliphatic rings. The molecule has 0 atom stereocenters. The van der Waals surface area contributed by atoms with Crippen molar-refractivity contribution in [1.29, 1.82) is 0 Å². The van der Waals surface area contributed by atoms with Gasteiger partial charge in [-0.2, -0.15) is 8.75 Å². The summed E-state index contributed by atoms with van der Waals surface area (Å²) in [6, 6.07) is 6.29. The highest BCUT2D eigenvalue weighted by atomic mass is 32.1. The lowest BCUT2D eigenvalue weighted by molar-refractivity contribution is 0.0946. The molecule has 0 spiro atoms. The van der Waals surface area contributed by atoms with Crippen LogP contribution in [0.4, 0.5) is 4.39 Å². The van der Waals surface area contributed by atoms with Gasteiger partial charge in [-0.3, -0.25) is 4.79 Å². The van der Waals surface area contributed by atoms with Gasteiger partial charge in [-0.1, -0.05) is 18.2 Å². The fourth-order valence-corrected chi connectivity index (χ4v) is 1.58. The van der Waals surface area contributed by atoms with Gasteiger partial charge in [-0.25, -0.2) is 4.39 Å². The minimum Gasteiger partial charge on any atom is -0.346 e. The SMILES string of the molecule is O=C(NCc1ccccc1F)c1cnsn1. The van der Waals surface area contributed by atoms with Crippen LogP contribution < -0.4 is 5.32 Å². The van der Waals surface area contributed by atoms with Gasteiger partial charge in [0.05, 0.1) is 17.9 Å². The van der Waals surface area contributed by atoms with Crippen molar-refractivity contribution in [3.63, 3.8) is 0 Å². The largest absolute Gasteiger partial charge is 0.346 e. The van der Waals surface area contributed by atoms with Crippen molar-refractivity contribution in [2.75, 3.05) is 0 Å². The summed E-state index contributed by atoms with van der Waals surface area (Å²) in [7, 11) is 0. The van der Waals surface area contributed by atoms with Crippen LogP contribution in [0.3, 0.4) is 0 Å². The van der Waals surface area contributed by atoms with E-state index in [1.165, 1.54) is 12.3 Å². The molecule has 0 aliphatic carbocycles. The fourth-order valence-electron chi connectivity index (χ4n) is 1.17. The van der Waals surface area contributed by atoms with Gasteiger partial charge in [0.15, 0.2) is 5.69 Å². The van der Waals surface area contributed by atoms with Crippen LogP contribution in [0.15, 0.2) is 30.5 Å². The van der Waals surface area contributed by atoms with Crippen molar-refractivity contribution in [3.05, 3.63) is 47.5 Å². The van der Waals surface area contributed by atoms with E-state index in [1.54, 1.807) is 18.2 Å². The highest BCUT2D eigenvalue weighted by Gasteiger charge is 2.08. The van der Waals surface area contributed by atoms with Crippen LogP contribution in [0, 0.1) is 5.82 Å². The van der Waals surface area contributed by atoms with Crippen LogP contribution in [-0.2, 0) is 6.54 Å². The van der Waals surface area contributed by atoms with E-state index in [0.717, 1.165) is 11.7 Å². The molecule has 0 radical (unpaired) electrons. The average molecular weight is 237 g/mol. The summed E-state index contributed by atoms with van der Waals surface area (Å²) < 4.78 is 20.7. The Morgan fingerprint density at radius 3 is 2.94 bits per heavy atom. The van der Waals surface area contributed by atoms with Gasteiger partial charge >= 0.3 is 0 Å². The predicted octanol–water partition coefficient (Wildman–Crippen LogP) is 1.61. The highest BCUT2D eigenvalue weighted by Crippen LogP contribution is 2.06. The van der Waals surface area contributed by atoms with Gasteiger partial charge < -0.3 is 5.32 Å². The van der Waals surface area contributed by atoms with Gasteiger partial charge in [-0.15, -0.1) is 0 Å². The topological polar surface area (TPSA) is 54.9 Å². The first kappa shape index (κ1) is 10.7. The second-order valence-corrected chi connectivity index (χ2v) is 3.62. The Labute approximate surface area is 95.5 Å². The van der Waals surface area contributed by atoms with E-state index in [4.69, 9.17) is 0 Å². The summed E-state index contributed by atoms with van der Waals surface area (Å²) >= 11 is 0.958. The Morgan fingerprint density at radius 2 is 2.25 bits per heavy atom. The molecule has 16 heavy (non-hydrogen) atoms. The normalized spacial score (nSPS) is 10.1. The molecule has 82 valence electrons. The van der Waals surface area contributed by atoms with Crippen molar-refractivity contribution < 1.29 is 9.18 Å². The van der Waals surface area contributed by atoms with E-state index < -0.39 is 0 Å². The highest BCUT2D eigenvalue weighted by molar-refractivity contribution is 6.99. The minimum absolute atomic E-state index is 0.142. The number of rotatable bonds is 3. The predicted molar refractivity (Wildman–Crippen MR) is 57.5 cm³/mol. The molecule has 0 aliphatic heterocycles. The molecule has 1 heterocycles. The number of carbonyl (C=O) groups excluding carboxylic acids is 1. The quantitative estimate of drug-likeness (QED) is 0.882. The lowest BCUT2D eigenvalue weighted by Crippen LogP contribution is -2.23. The van der Waals surface area contributed by atoms with E-state index in [2.05, 4.69) is 14.1 Å². The van der Waals surface area contributed by atoms with Crippen molar-refractivity contribution in [2.24, 2.45) is 0 Å². The summed E-state index contributed by atoms with van der Waals surface area (Å²) in [6.45, 7) is 0.142. The van der Waals surface area contributed by atoms with Gasteiger partial charge in [-0.05, 0) is 6.07 Å². The molecule has 0 fully saturated rings. The molecule has 1 aromatic heterocycles. The molecule has 0 saturated heterocycles. The monoisotopic (exact) mass is 237 g/mol. The molecule has 0 unspecified atom stereocenters. The van der Waals surface area contributed by atoms with E-state index >= 15 is 0 Å². The molecule has 2 aromatic rings. The van der Waals surface area contributed by atoms with Crippen molar-refractivity contribution in [1.82, 2.24) is 14.1 Å². The summed E-state index contributed by atoms with van der Waals surface area (Å²) in [6.07, 6.45) is 1.38. The van der Waals surface area contributed by atoms with Gasteiger partial charge in [0.25, 0.3) is 5.91 Å². The van der Waals surface area contributed by atoms with Crippen LogP contribution in [0.25, 0.3) is 0 Å². The minimum atomic E-state index is -0.350. The molecule has 0 bridgehead atoms. The number of benzene rings is 1. The average Bonchev–Trinajstić information content (AvgIpc) is 2.81. The van der Waals surface area contributed by atoms with E-state index in [-0.39, 0.29) is 24.0 Å². The number of carbonyl (C=O) groups is 1. The standard InChI is InChI=1S/C10H8FN3OS/c11-8-4-2-1-3-7(8)5-12-10(15)9-6-13-16-14-9/h1-4,6H,5H2,(H,12,15). The Morgan fingerprint density at radius 1 is 1.44 bits per heavy atom. The number of aromatic nitrogens is 2. The third-order valence-electron chi connectivity index (χ3n) is 1.99. The zero-order chi connectivity index (χ0) is 11.4. The molecule has 4 nitrogen and oxygen atoms in total. The van der Waals surface area contributed by atoms with Crippen LogP contribution in [0.2, 0.25) is 0 Å². The third-order valence-corrected chi connectivity index (χ3v) is 2.47. The number of halogens is 1. The first-order valence-electron chi connectivity index (χ1n) is 4.56. The summed E-state index contributed by atoms with van der Waals surface area (Å²) in [4.78, 5) is 11.5. The van der Waals surface area contributed by atoms with Crippen LogP contribution in [-0.4, -0.2) is 14.7 Å². The number of nitrogens with zero attached hydrogens (tertiary/aromatic N) is 2. The molecule has 2 rings (SSSR count). The number of nitrogens with one attached hydrogen (secondary N) is 1. The Hall–Kier alpha value is -1.82. The number of hydrogen-bond acceptors (Lipinski definition) is 4. The number of hydrogen-bond donors (Lipinski definition) is 1. The maximum absolute atomic E-state index is 13.2. The molecular weight excluding hydrogens is 229 g/mol. The maximum atomic E-state index is 13.2. The maximum Gasteiger partial charge on any atom is 0.272 e. The van der Waals surface area contributed by atoms with Gasteiger partial charge in [0.2, 0.25) is 0 Å². The second-order valence-electron chi connectivity index (χ2n) is 3.07. The smallest absolute Gasteiger partial charge is 0.272 e. The zero-order valence-electron chi connectivity index (χ0n) is 8.18. The van der Waals surface area contributed by atoms with E-state index in [9.17, 15) is 9.18 Å². The van der Waals surface area contributed by atoms with Crippen LogP contribution in [0.1, 0.15) is 16.1 Å². The first-order chi connectivity index (χ1) is 7.77. The van der Waals surface area contributed by atoms with Crippen molar-refractivity contribution >= 4 is 17.6 Å². The molecule has 6 heteroatoms. The lowest BCUT2D eigenvalue weighted by Gasteiger charge is -2.03. The molecule has 0 saturated carbocycles. The first-order valence-corrected chi connectivity index (χ1v) is 5.29. The van der Waals surface area contributed by atoms with E-state index in [0.29, 0.717) is 5.56 Å². The zero-order valence-corrected chi connectivity index (χ0v) is 9.00. The summed E-state index contributed by atoms with van der Waals surface area (Å²) in [5.41, 5.74) is 0.695. The Balaban J connectivity index is 1.98. The lowest BCUT2D eigenvalue weighted by atomic mass is 10.2. The fraction of sp³-hybridized carbons (Fsp3) is 0.100. The number of amides is 1. The van der Waals surface area contributed by atoms with Crippen LogP contribution >= 0.6 is 11.7 Å². The molecule has 1 amide bonds. The summed E-state index contributed by atoms with van der Waals surface area (Å²) in [5, 5.41) is 2.57. The summed E-state index contributed by atoms with van der Waals surface area (Å²) in [5.74, 6) is -0.684. The van der Waals surface area contributed by atoms with Crippen molar-refractivity contribution in [3.8, 4) is 0 Å². The van der Waals surface area contributed by atoms with Gasteiger partial charge in [0, 0.05) is 12.1 Å². The molecule has 1 aromatic carbocycles. The second kappa shape index (κ2) is 4.80. The van der Waals surface area contributed by atoms with Gasteiger partial charge in [0.1, 0.15) is 5.82 Å². The van der Waals surface area contributed by atoms with E-state index in [1.807, 2.05) is 0 Å².